The fourth-order valence-corrected chi connectivity index (χ4v) is 4.37. The van der Waals surface area contributed by atoms with E-state index >= 15 is 0 Å². The van der Waals surface area contributed by atoms with Crippen molar-refractivity contribution in [2.45, 2.75) is 19.9 Å². The maximum absolute atomic E-state index is 13.7. The topological polar surface area (TPSA) is 80.9 Å². The molecule has 0 aliphatic carbocycles. The standard InChI is InChI=1S/C29H28N2O5/c1-2-34-25-11-7-6-10-23(25)29(33)31(13-12-20-8-4-3-5-9-20)19-22-16-21-17-26-27(36-15-14-35-26)18-24(21)30-28(22)32/h3-11,16-18H,2,12-15,19H2,1H3,(H,30,32). The number of nitrogens with zero attached hydrogens (tertiary/aromatic N) is 1. The fraction of sp³-hybridized carbons (Fsp3) is 0.241. The van der Waals surface area contributed by atoms with Gasteiger partial charge in [0.1, 0.15) is 19.0 Å². The number of hydrogen-bond acceptors (Lipinski definition) is 5. The zero-order chi connectivity index (χ0) is 24.9. The van der Waals surface area contributed by atoms with Crippen LogP contribution in [0.25, 0.3) is 10.9 Å². The number of benzene rings is 3. The van der Waals surface area contributed by atoms with Gasteiger partial charge in [-0.3, -0.25) is 9.59 Å². The summed E-state index contributed by atoms with van der Waals surface area (Å²) in [7, 11) is 0. The van der Waals surface area contributed by atoms with Crippen molar-refractivity contribution < 1.29 is 19.0 Å². The Morgan fingerprint density at radius 3 is 2.47 bits per heavy atom. The molecule has 0 saturated carbocycles. The Bertz CT molecular complexity index is 1430. The maximum Gasteiger partial charge on any atom is 0.257 e. The second kappa shape index (κ2) is 10.6. The van der Waals surface area contributed by atoms with Crippen LogP contribution in [0.1, 0.15) is 28.4 Å². The summed E-state index contributed by atoms with van der Waals surface area (Å²) in [5.74, 6) is 1.61. The predicted molar refractivity (Wildman–Crippen MR) is 138 cm³/mol. The molecule has 2 heterocycles. The predicted octanol–water partition coefficient (Wildman–Crippen LogP) is 4.58. The zero-order valence-corrected chi connectivity index (χ0v) is 20.2. The number of para-hydroxylation sites is 1. The number of carbonyl (C=O) groups excluding carboxylic acids is 1. The van der Waals surface area contributed by atoms with Crippen LogP contribution in [0.15, 0.2) is 77.6 Å². The Labute approximate surface area is 209 Å². The van der Waals surface area contributed by atoms with E-state index in [1.807, 2.05) is 61.5 Å². The van der Waals surface area contributed by atoms with E-state index in [1.165, 1.54) is 0 Å². The monoisotopic (exact) mass is 484 g/mol. The molecular weight excluding hydrogens is 456 g/mol. The number of nitrogens with one attached hydrogen (secondary N) is 1. The van der Waals surface area contributed by atoms with Gasteiger partial charge in [-0.1, -0.05) is 42.5 Å². The van der Waals surface area contributed by atoms with Crippen molar-refractivity contribution in [1.29, 1.82) is 0 Å². The summed E-state index contributed by atoms with van der Waals surface area (Å²) in [5.41, 5.74) is 2.51. The lowest BCUT2D eigenvalue weighted by molar-refractivity contribution is 0.0740. The summed E-state index contributed by atoms with van der Waals surface area (Å²) in [5, 5.41) is 0.819. The van der Waals surface area contributed by atoms with Gasteiger partial charge in [0.15, 0.2) is 11.5 Å². The number of fused-ring (bicyclic) bond motifs is 2. The van der Waals surface area contributed by atoms with Gasteiger partial charge in [-0.25, -0.2) is 0 Å². The molecule has 7 heteroatoms. The summed E-state index contributed by atoms with van der Waals surface area (Å²) in [4.78, 5) is 31.4. The summed E-state index contributed by atoms with van der Waals surface area (Å²) < 4.78 is 17.1. The van der Waals surface area contributed by atoms with Crippen molar-refractivity contribution >= 4 is 16.8 Å². The van der Waals surface area contributed by atoms with Crippen LogP contribution < -0.4 is 19.8 Å². The van der Waals surface area contributed by atoms with Crippen LogP contribution in [0.2, 0.25) is 0 Å². The molecule has 1 aliphatic heterocycles. The van der Waals surface area contributed by atoms with Gasteiger partial charge >= 0.3 is 0 Å². The van der Waals surface area contributed by atoms with Gasteiger partial charge in [-0.05, 0) is 43.2 Å². The third kappa shape index (κ3) is 5.05. The number of aromatic amines is 1. The Kier molecular flexibility index (Phi) is 6.89. The number of H-pyrrole nitrogens is 1. The first-order valence-corrected chi connectivity index (χ1v) is 12.1. The highest BCUT2D eigenvalue weighted by Crippen LogP contribution is 2.33. The Morgan fingerprint density at radius 1 is 0.972 bits per heavy atom. The number of carbonyl (C=O) groups is 1. The van der Waals surface area contributed by atoms with Crippen molar-refractivity contribution in [1.82, 2.24) is 9.88 Å². The summed E-state index contributed by atoms with van der Waals surface area (Å²) >= 11 is 0. The molecule has 5 rings (SSSR count). The van der Waals surface area contributed by atoms with E-state index in [4.69, 9.17) is 14.2 Å². The fourth-order valence-electron chi connectivity index (χ4n) is 4.37. The number of rotatable bonds is 8. The molecule has 0 fully saturated rings. The third-order valence-corrected chi connectivity index (χ3v) is 6.16. The highest BCUT2D eigenvalue weighted by atomic mass is 16.6. The lowest BCUT2D eigenvalue weighted by Crippen LogP contribution is -2.34. The molecule has 36 heavy (non-hydrogen) atoms. The Morgan fingerprint density at radius 2 is 1.69 bits per heavy atom. The molecule has 0 unspecified atom stereocenters. The van der Waals surface area contributed by atoms with Crippen LogP contribution in [0.5, 0.6) is 17.2 Å². The largest absolute Gasteiger partial charge is 0.493 e. The van der Waals surface area contributed by atoms with Crippen LogP contribution in [-0.4, -0.2) is 42.2 Å². The van der Waals surface area contributed by atoms with Crippen LogP contribution in [0.3, 0.4) is 0 Å². The second-order valence-corrected chi connectivity index (χ2v) is 8.60. The van der Waals surface area contributed by atoms with E-state index in [-0.39, 0.29) is 18.0 Å². The lowest BCUT2D eigenvalue weighted by atomic mass is 10.1. The van der Waals surface area contributed by atoms with Gasteiger partial charge < -0.3 is 24.1 Å². The average Bonchev–Trinajstić information content (AvgIpc) is 2.91. The van der Waals surface area contributed by atoms with Crippen LogP contribution in [-0.2, 0) is 13.0 Å². The van der Waals surface area contributed by atoms with Gasteiger partial charge in [0.2, 0.25) is 0 Å². The first-order chi connectivity index (χ1) is 17.6. The normalized spacial score (nSPS) is 12.4. The van der Waals surface area contributed by atoms with E-state index in [0.717, 1.165) is 10.9 Å². The van der Waals surface area contributed by atoms with Crippen LogP contribution in [0, 0.1) is 0 Å². The molecule has 0 spiro atoms. The molecular formula is C29H28N2O5. The summed E-state index contributed by atoms with van der Waals surface area (Å²) in [6.07, 6.45) is 0.660. The first kappa shape index (κ1) is 23.5. The number of ether oxygens (including phenoxy) is 3. The first-order valence-electron chi connectivity index (χ1n) is 12.1. The number of aromatic nitrogens is 1. The molecule has 4 aromatic rings. The van der Waals surface area contributed by atoms with Crippen molar-refractivity contribution in [2.75, 3.05) is 26.4 Å². The van der Waals surface area contributed by atoms with E-state index in [0.29, 0.717) is 66.7 Å². The summed E-state index contributed by atoms with van der Waals surface area (Å²) in [6, 6.07) is 22.7. The molecule has 1 N–H and O–H groups in total. The van der Waals surface area contributed by atoms with Gasteiger partial charge in [-0.15, -0.1) is 0 Å². The third-order valence-electron chi connectivity index (χ3n) is 6.16. The molecule has 1 aliphatic rings. The highest BCUT2D eigenvalue weighted by Gasteiger charge is 2.22. The van der Waals surface area contributed by atoms with Crippen LogP contribution in [0.4, 0.5) is 0 Å². The SMILES string of the molecule is CCOc1ccccc1C(=O)N(CCc1ccccc1)Cc1cc2cc3c(cc2[nH]c1=O)OCCO3. The van der Waals surface area contributed by atoms with Gasteiger partial charge in [0.25, 0.3) is 11.5 Å². The minimum Gasteiger partial charge on any atom is -0.493 e. The molecule has 0 bridgehead atoms. The van der Waals surface area contributed by atoms with E-state index < -0.39 is 0 Å². The van der Waals surface area contributed by atoms with Crippen molar-refractivity contribution in [3.8, 4) is 17.2 Å². The smallest absolute Gasteiger partial charge is 0.257 e. The van der Waals surface area contributed by atoms with E-state index in [1.54, 1.807) is 23.1 Å². The molecule has 1 amide bonds. The maximum atomic E-state index is 13.7. The Hall–Kier alpha value is -4.26. The molecule has 1 aromatic heterocycles. The minimum absolute atomic E-state index is 0.159. The quantitative estimate of drug-likeness (QED) is 0.396. The van der Waals surface area contributed by atoms with Gasteiger partial charge in [0, 0.05) is 23.6 Å². The molecule has 0 atom stereocenters. The van der Waals surface area contributed by atoms with Gasteiger partial charge in [-0.2, -0.15) is 0 Å². The minimum atomic E-state index is -0.241. The number of pyridine rings is 1. The number of hydrogen-bond donors (Lipinski definition) is 1. The van der Waals surface area contributed by atoms with Crippen molar-refractivity contribution in [2.24, 2.45) is 0 Å². The van der Waals surface area contributed by atoms with Crippen molar-refractivity contribution in [3.63, 3.8) is 0 Å². The Balaban J connectivity index is 1.48. The zero-order valence-electron chi connectivity index (χ0n) is 20.2. The van der Waals surface area contributed by atoms with Crippen LogP contribution >= 0.6 is 0 Å². The molecule has 0 saturated heterocycles. The molecule has 3 aromatic carbocycles. The molecule has 7 nitrogen and oxygen atoms in total. The van der Waals surface area contributed by atoms with Gasteiger partial charge in [0.05, 0.1) is 24.2 Å². The van der Waals surface area contributed by atoms with E-state index in [2.05, 4.69) is 4.98 Å². The average molecular weight is 485 g/mol. The summed E-state index contributed by atoms with van der Waals surface area (Å²) in [6.45, 7) is 3.90. The second-order valence-electron chi connectivity index (χ2n) is 8.60. The highest BCUT2D eigenvalue weighted by molar-refractivity contribution is 5.97. The molecule has 0 radical (unpaired) electrons. The van der Waals surface area contributed by atoms with E-state index in [9.17, 15) is 9.59 Å². The van der Waals surface area contributed by atoms with Crippen molar-refractivity contribution in [3.05, 3.63) is 99.8 Å². The number of amides is 1. The lowest BCUT2D eigenvalue weighted by Gasteiger charge is -2.24. The molecule has 184 valence electrons.